The number of aromatic nitrogens is 2. The number of hydrogen-bond acceptors (Lipinski definition) is 3. The number of rotatable bonds is 7. The van der Waals surface area contributed by atoms with E-state index in [9.17, 15) is 4.79 Å². The number of halogens is 2. The third kappa shape index (κ3) is 5.95. The molecule has 0 bridgehead atoms. The molecule has 1 N–H and O–H groups in total. The Morgan fingerprint density at radius 1 is 1.03 bits per heavy atom. The predicted octanol–water partition coefficient (Wildman–Crippen LogP) is 6.69. The number of ether oxygens (including phenoxy) is 1. The standard InChI is InChI=1S/C26H23Cl2N3O2/c1-17-6-9-24(18(2)12-17)33-16-19-4-3-5-20(13-19)26(32)29-25-10-11-31(30-25)15-21-7-8-22(27)14-23(21)28/h3-14H,15-16H2,1-2H3,(H,29,30,32). The summed E-state index contributed by atoms with van der Waals surface area (Å²) >= 11 is 12.2. The number of carbonyl (C=O) groups is 1. The topological polar surface area (TPSA) is 56.1 Å². The van der Waals surface area contributed by atoms with Crippen LogP contribution in [-0.4, -0.2) is 15.7 Å². The number of nitrogens with zero attached hydrogens (tertiary/aromatic N) is 2. The van der Waals surface area contributed by atoms with Gasteiger partial charge in [0.1, 0.15) is 12.4 Å². The second-order valence-corrected chi connectivity index (χ2v) is 8.69. The van der Waals surface area contributed by atoms with Crippen LogP contribution >= 0.6 is 23.2 Å². The Hall–Kier alpha value is -3.28. The molecule has 0 spiro atoms. The van der Waals surface area contributed by atoms with E-state index in [0.29, 0.717) is 34.6 Å². The predicted molar refractivity (Wildman–Crippen MR) is 132 cm³/mol. The van der Waals surface area contributed by atoms with Crippen molar-refractivity contribution in [1.29, 1.82) is 0 Å². The third-order valence-electron chi connectivity index (χ3n) is 5.14. The largest absolute Gasteiger partial charge is 0.489 e. The molecule has 4 rings (SSSR count). The lowest BCUT2D eigenvalue weighted by atomic mass is 10.1. The maximum Gasteiger partial charge on any atom is 0.256 e. The summed E-state index contributed by atoms with van der Waals surface area (Å²) in [6.45, 7) is 4.92. The number of benzene rings is 3. The first kappa shape index (κ1) is 22.9. The van der Waals surface area contributed by atoms with Crippen LogP contribution in [0.3, 0.4) is 0 Å². The van der Waals surface area contributed by atoms with Crippen molar-refractivity contribution in [1.82, 2.24) is 9.78 Å². The maximum absolute atomic E-state index is 12.8. The average Bonchev–Trinajstić information content (AvgIpc) is 3.22. The first-order valence-corrected chi connectivity index (χ1v) is 11.2. The molecule has 4 aromatic rings. The molecular formula is C26H23Cl2N3O2. The minimum absolute atomic E-state index is 0.238. The van der Waals surface area contributed by atoms with E-state index < -0.39 is 0 Å². The summed E-state index contributed by atoms with van der Waals surface area (Å²) in [7, 11) is 0. The van der Waals surface area contributed by atoms with Gasteiger partial charge in [-0.15, -0.1) is 0 Å². The van der Waals surface area contributed by atoms with Crippen LogP contribution in [0.15, 0.2) is 72.9 Å². The van der Waals surface area contributed by atoms with Crippen LogP contribution in [0.5, 0.6) is 5.75 Å². The van der Waals surface area contributed by atoms with E-state index in [1.165, 1.54) is 5.56 Å². The van der Waals surface area contributed by atoms with Gasteiger partial charge in [0.05, 0.1) is 6.54 Å². The second kappa shape index (κ2) is 10.1. The summed E-state index contributed by atoms with van der Waals surface area (Å²) in [4.78, 5) is 12.8. The van der Waals surface area contributed by atoms with Crippen molar-refractivity contribution in [3.63, 3.8) is 0 Å². The molecule has 0 aliphatic heterocycles. The highest BCUT2D eigenvalue weighted by Crippen LogP contribution is 2.22. The molecule has 0 saturated heterocycles. The highest BCUT2D eigenvalue weighted by molar-refractivity contribution is 6.35. The summed E-state index contributed by atoms with van der Waals surface area (Å²) in [5.41, 5.74) is 4.60. The lowest BCUT2D eigenvalue weighted by molar-refractivity contribution is 0.102. The third-order valence-corrected chi connectivity index (χ3v) is 5.73. The van der Waals surface area contributed by atoms with Gasteiger partial charge < -0.3 is 10.1 Å². The number of aryl methyl sites for hydroxylation is 2. The Bertz CT molecular complexity index is 1300. The van der Waals surface area contributed by atoms with Crippen LogP contribution in [0.2, 0.25) is 10.0 Å². The van der Waals surface area contributed by atoms with Gasteiger partial charge in [0.25, 0.3) is 5.91 Å². The Labute approximate surface area is 202 Å². The van der Waals surface area contributed by atoms with Gasteiger partial charge in [0.2, 0.25) is 0 Å². The SMILES string of the molecule is Cc1ccc(OCc2cccc(C(=O)Nc3ccn(Cc4ccc(Cl)cc4Cl)n3)c2)c(C)c1. The van der Waals surface area contributed by atoms with Crippen molar-refractivity contribution >= 4 is 34.9 Å². The zero-order chi connectivity index (χ0) is 23.4. The Kier molecular flexibility index (Phi) is 7.02. The van der Waals surface area contributed by atoms with Crippen LogP contribution in [-0.2, 0) is 13.2 Å². The molecule has 0 saturated carbocycles. The van der Waals surface area contributed by atoms with E-state index in [2.05, 4.69) is 23.4 Å². The van der Waals surface area contributed by atoms with Gasteiger partial charge >= 0.3 is 0 Å². The molecule has 0 unspecified atom stereocenters. The lowest BCUT2D eigenvalue weighted by Gasteiger charge is -2.11. The molecule has 0 aliphatic carbocycles. The molecule has 3 aromatic carbocycles. The van der Waals surface area contributed by atoms with Gasteiger partial charge in [0.15, 0.2) is 5.82 Å². The summed E-state index contributed by atoms with van der Waals surface area (Å²) in [6.07, 6.45) is 1.79. The van der Waals surface area contributed by atoms with Gasteiger partial charge in [-0.05, 0) is 60.9 Å². The fourth-order valence-corrected chi connectivity index (χ4v) is 3.92. The van der Waals surface area contributed by atoms with Crippen molar-refractivity contribution in [3.05, 3.63) is 111 Å². The number of carbonyl (C=O) groups excluding carboxylic acids is 1. The van der Waals surface area contributed by atoms with E-state index in [0.717, 1.165) is 22.4 Å². The normalized spacial score (nSPS) is 10.8. The zero-order valence-corrected chi connectivity index (χ0v) is 19.8. The smallest absolute Gasteiger partial charge is 0.256 e. The molecule has 0 radical (unpaired) electrons. The molecule has 33 heavy (non-hydrogen) atoms. The monoisotopic (exact) mass is 479 g/mol. The summed E-state index contributed by atoms with van der Waals surface area (Å²) in [5, 5.41) is 8.41. The van der Waals surface area contributed by atoms with Crippen LogP contribution in [0, 0.1) is 13.8 Å². The van der Waals surface area contributed by atoms with Gasteiger partial charge in [-0.1, -0.05) is 59.1 Å². The van der Waals surface area contributed by atoms with Crippen LogP contribution < -0.4 is 10.1 Å². The number of hydrogen-bond donors (Lipinski definition) is 1. The average molecular weight is 480 g/mol. The maximum atomic E-state index is 12.8. The Morgan fingerprint density at radius 2 is 1.88 bits per heavy atom. The molecule has 0 aliphatic rings. The fourth-order valence-electron chi connectivity index (χ4n) is 3.45. The molecule has 168 valence electrons. The first-order valence-electron chi connectivity index (χ1n) is 10.4. The number of anilines is 1. The molecule has 0 fully saturated rings. The molecule has 1 aromatic heterocycles. The molecule has 1 heterocycles. The van der Waals surface area contributed by atoms with Gasteiger partial charge in [-0.3, -0.25) is 9.48 Å². The van der Waals surface area contributed by atoms with Crippen molar-refractivity contribution < 1.29 is 9.53 Å². The lowest BCUT2D eigenvalue weighted by Crippen LogP contribution is -2.13. The van der Waals surface area contributed by atoms with Gasteiger partial charge in [0, 0.05) is 27.9 Å². The van der Waals surface area contributed by atoms with E-state index in [-0.39, 0.29) is 5.91 Å². The van der Waals surface area contributed by atoms with Crippen LogP contribution in [0.1, 0.15) is 32.6 Å². The molecule has 1 amide bonds. The van der Waals surface area contributed by atoms with E-state index in [1.54, 1.807) is 35.1 Å². The molecule has 5 nitrogen and oxygen atoms in total. The minimum atomic E-state index is -0.238. The summed E-state index contributed by atoms with van der Waals surface area (Å²) in [6, 6.07) is 20.5. The number of nitrogens with one attached hydrogen (secondary N) is 1. The minimum Gasteiger partial charge on any atom is -0.489 e. The zero-order valence-electron chi connectivity index (χ0n) is 18.3. The van der Waals surface area contributed by atoms with Crippen molar-refractivity contribution in [2.24, 2.45) is 0 Å². The van der Waals surface area contributed by atoms with Gasteiger partial charge in [-0.2, -0.15) is 5.10 Å². The highest BCUT2D eigenvalue weighted by Gasteiger charge is 2.10. The van der Waals surface area contributed by atoms with Crippen molar-refractivity contribution in [2.75, 3.05) is 5.32 Å². The fraction of sp³-hybridized carbons (Fsp3) is 0.154. The van der Waals surface area contributed by atoms with Crippen molar-refractivity contribution in [2.45, 2.75) is 27.0 Å². The first-order chi connectivity index (χ1) is 15.9. The second-order valence-electron chi connectivity index (χ2n) is 7.85. The van der Waals surface area contributed by atoms with Crippen LogP contribution in [0.4, 0.5) is 5.82 Å². The van der Waals surface area contributed by atoms with E-state index in [4.69, 9.17) is 27.9 Å². The highest BCUT2D eigenvalue weighted by atomic mass is 35.5. The summed E-state index contributed by atoms with van der Waals surface area (Å²) < 4.78 is 7.65. The molecule has 0 atom stereocenters. The Balaban J connectivity index is 1.38. The summed E-state index contributed by atoms with van der Waals surface area (Å²) in [5.74, 6) is 1.06. The van der Waals surface area contributed by atoms with Gasteiger partial charge in [-0.25, -0.2) is 0 Å². The number of amides is 1. The quantitative estimate of drug-likeness (QED) is 0.321. The van der Waals surface area contributed by atoms with Crippen molar-refractivity contribution in [3.8, 4) is 5.75 Å². The Morgan fingerprint density at radius 3 is 2.67 bits per heavy atom. The van der Waals surface area contributed by atoms with Crippen LogP contribution in [0.25, 0.3) is 0 Å². The van der Waals surface area contributed by atoms with E-state index in [1.807, 2.05) is 43.3 Å². The molecular weight excluding hydrogens is 457 g/mol. The van der Waals surface area contributed by atoms with E-state index >= 15 is 0 Å². The molecule has 7 heteroatoms.